The van der Waals surface area contributed by atoms with Crippen LogP contribution in [0.3, 0.4) is 0 Å². The first-order valence-corrected chi connectivity index (χ1v) is 4.38. The second-order valence-corrected chi connectivity index (χ2v) is 3.19. The van der Waals surface area contributed by atoms with Gasteiger partial charge in [0.1, 0.15) is 5.69 Å². The van der Waals surface area contributed by atoms with E-state index in [0.717, 1.165) is 6.07 Å². The minimum Gasteiger partial charge on any atom is -0.465 e. The Morgan fingerprint density at radius 2 is 2.20 bits per heavy atom. The molecule has 0 unspecified atom stereocenters. The van der Waals surface area contributed by atoms with Crippen LogP contribution >= 0.6 is 11.6 Å². The molecule has 0 saturated heterocycles. The third kappa shape index (κ3) is 2.41. The maximum absolute atomic E-state index is 12.4. The monoisotopic (exact) mass is 235 g/mol. The van der Waals surface area contributed by atoms with E-state index in [1.54, 1.807) is 0 Å². The zero-order valence-corrected chi connectivity index (χ0v) is 8.81. The first-order valence-electron chi connectivity index (χ1n) is 4.01. The fourth-order valence-electron chi connectivity index (χ4n) is 1.07. The molecule has 0 saturated carbocycles. The van der Waals surface area contributed by atoms with Crippen LogP contribution in [0.4, 0.5) is 8.78 Å². The normalized spacial score (nSPS) is 10.5. The lowest BCUT2D eigenvalue weighted by Gasteiger charge is -2.07. The van der Waals surface area contributed by atoms with Crippen LogP contribution in [0, 0.1) is 6.92 Å². The van der Waals surface area contributed by atoms with Crippen LogP contribution in [0.15, 0.2) is 6.07 Å². The van der Waals surface area contributed by atoms with Gasteiger partial charge in [-0.05, 0) is 13.0 Å². The molecule has 82 valence electrons. The lowest BCUT2D eigenvalue weighted by molar-refractivity contribution is 0.0598. The highest BCUT2D eigenvalue weighted by atomic mass is 35.5. The highest BCUT2D eigenvalue weighted by Crippen LogP contribution is 2.27. The highest BCUT2D eigenvalue weighted by molar-refractivity contribution is 6.31. The number of hydrogen-bond donors (Lipinski definition) is 0. The third-order valence-corrected chi connectivity index (χ3v) is 2.11. The number of ether oxygens (including phenoxy) is 1. The van der Waals surface area contributed by atoms with Crippen LogP contribution in [0.25, 0.3) is 0 Å². The first kappa shape index (κ1) is 11.8. The fraction of sp³-hybridized carbons (Fsp3) is 0.333. The Morgan fingerprint density at radius 1 is 1.60 bits per heavy atom. The summed E-state index contributed by atoms with van der Waals surface area (Å²) < 4.78 is 29.2. The number of aryl methyl sites for hydroxylation is 1. The Hall–Kier alpha value is -1.23. The van der Waals surface area contributed by atoms with Crippen molar-refractivity contribution in [2.45, 2.75) is 13.3 Å². The van der Waals surface area contributed by atoms with Crippen molar-refractivity contribution in [2.24, 2.45) is 0 Å². The van der Waals surface area contributed by atoms with E-state index in [-0.39, 0.29) is 16.3 Å². The van der Waals surface area contributed by atoms with Gasteiger partial charge in [0.2, 0.25) is 0 Å². The van der Waals surface area contributed by atoms with Crippen molar-refractivity contribution in [3.05, 3.63) is 28.0 Å². The van der Waals surface area contributed by atoms with E-state index in [1.165, 1.54) is 14.0 Å². The van der Waals surface area contributed by atoms with Gasteiger partial charge in [0, 0.05) is 0 Å². The molecule has 0 bridgehead atoms. The minimum absolute atomic E-state index is 0.0897. The van der Waals surface area contributed by atoms with Gasteiger partial charge in [-0.25, -0.2) is 18.6 Å². The SMILES string of the molecule is COC(=O)c1cc(Cl)c(C(F)F)nc1C. The van der Waals surface area contributed by atoms with Gasteiger partial charge in [-0.3, -0.25) is 0 Å². The molecule has 1 aromatic rings. The molecule has 0 aliphatic carbocycles. The summed E-state index contributed by atoms with van der Waals surface area (Å²) in [6.45, 7) is 1.44. The molecular formula is C9H8ClF2NO2. The Kier molecular flexibility index (Phi) is 3.57. The summed E-state index contributed by atoms with van der Waals surface area (Å²) in [4.78, 5) is 14.7. The summed E-state index contributed by atoms with van der Waals surface area (Å²) in [6.07, 6.45) is -2.76. The molecule has 0 N–H and O–H groups in total. The molecule has 0 aliphatic heterocycles. The van der Waals surface area contributed by atoms with Crippen molar-refractivity contribution in [3.8, 4) is 0 Å². The van der Waals surface area contributed by atoms with Gasteiger partial charge in [0.15, 0.2) is 0 Å². The molecule has 0 aliphatic rings. The predicted octanol–water partition coefficient (Wildman–Crippen LogP) is 2.77. The standard InChI is InChI=1S/C9H8ClF2NO2/c1-4-5(9(14)15-2)3-6(10)7(13-4)8(11)12/h3,8H,1-2H3. The number of alkyl halides is 2. The number of carbonyl (C=O) groups excluding carboxylic acids is 1. The van der Waals surface area contributed by atoms with Crippen LogP contribution in [0.5, 0.6) is 0 Å². The summed E-state index contributed by atoms with van der Waals surface area (Å²) in [7, 11) is 1.19. The van der Waals surface area contributed by atoms with E-state index < -0.39 is 18.1 Å². The molecule has 6 heteroatoms. The summed E-state index contributed by atoms with van der Waals surface area (Å²) in [6, 6.07) is 1.14. The van der Waals surface area contributed by atoms with E-state index in [2.05, 4.69) is 9.72 Å². The largest absolute Gasteiger partial charge is 0.465 e. The van der Waals surface area contributed by atoms with Gasteiger partial charge in [-0.1, -0.05) is 11.6 Å². The second kappa shape index (κ2) is 4.53. The number of esters is 1. The molecule has 0 fully saturated rings. The Labute approximate surface area is 90.0 Å². The van der Waals surface area contributed by atoms with Crippen molar-refractivity contribution in [1.82, 2.24) is 4.98 Å². The second-order valence-electron chi connectivity index (χ2n) is 2.78. The van der Waals surface area contributed by atoms with E-state index >= 15 is 0 Å². The fourth-order valence-corrected chi connectivity index (χ4v) is 1.30. The maximum atomic E-state index is 12.4. The van der Waals surface area contributed by atoms with Crippen LogP contribution in [0.2, 0.25) is 5.02 Å². The molecule has 0 aromatic carbocycles. The molecule has 3 nitrogen and oxygen atoms in total. The zero-order valence-electron chi connectivity index (χ0n) is 8.05. The molecular weight excluding hydrogens is 228 g/mol. The Morgan fingerprint density at radius 3 is 2.67 bits per heavy atom. The molecule has 1 rings (SSSR count). The van der Waals surface area contributed by atoms with Crippen molar-refractivity contribution >= 4 is 17.6 Å². The van der Waals surface area contributed by atoms with Gasteiger partial charge >= 0.3 is 5.97 Å². The van der Waals surface area contributed by atoms with Crippen molar-refractivity contribution in [2.75, 3.05) is 7.11 Å². The van der Waals surface area contributed by atoms with E-state index in [9.17, 15) is 13.6 Å². The Bertz CT molecular complexity index is 396. The molecule has 15 heavy (non-hydrogen) atoms. The van der Waals surface area contributed by atoms with Crippen LogP contribution in [-0.2, 0) is 4.74 Å². The number of aromatic nitrogens is 1. The van der Waals surface area contributed by atoms with E-state index in [4.69, 9.17) is 11.6 Å². The number of hydrogen-bond acceptors (Lipinski definition) is 3. The predicted molar refractivity (Wildman–Crippen MR) is 50.3 cm³/mol. The van der Waals surface area contributed by atoms with Crippen LogP contribution < -0.4 is 0 Å². The summed E-state index contributed by atoms with van der Waals surface area (Å²) >= 11 is 5.55. The average molecular weight is 236 g/mol. The molecule has 0 radical (unpaired) electrons. The first-order chi connectivity index (χ1) is 6.97. The number of methoxy groups -OCH3 is 1. The third-order valence-electron chi connectivity index (χ3n) is 1.81. The van der Waals surface area contributed by atoms with Crippen molar-refractivity contribution in [1.29, 1.82) is 0 Å². The summed E-state index contributed by atoms with van der Waals surface area (Å²) in [5.41, 5.74) is -0.268. The number of rotatable bonds is 2. The van der Waals surface area contributed by atoms with Crippen LogP contribution in [-0.4, -0.2) is 18.1 Å². The van der Waals surface area contributed by atoms with Gasteiger partial charge in [0.25, 0.3) is 6.43 Å². The van der Waals surface area contributed by atoms with Gasteiger partial charge in [-0.2, -0.15) is 0 Å². The highest BCUT2D eigenvalue weighted by Gasteiger charge is 2.19. The van der Waals surface area contributed by atoms with Gasteiger partial charge in [-0.15, -0.1) is 0 Å². The lowest BCUT2D eigenvalue weighted by atomic mass is 10.2. The molecule has 0 atom stereocenters. The molecule has 1 heterocycles. The van der Waals surface area contributed by atoms with Crippen molar-refractivity contribution in [3.63, 3.8) is 0 Å². The minimum atomic E-state index is -2.76. The topological polar surface area (TPSA) is 39.2 Å². The smallest absolute Gasteiger partial charge is 0.339 e. The van der Waals surface area contributed by atoms with Gasteiger partial charge in [0.05, 0.1) is 23.4 Å². The molecule has 0 spiro atoms. The lowest BCUT2D eigenvalue weighted by Crippen LogP contribution is -2.07. The van der Waals surface area contributed by atoms with Gasteiger partial charge < -0.3 is 4.74 Å². The molecule has 1 aromatic heterocycles. The Balaban J connectivity index is 3.25. The average Bonchev–Trinajstić information content (AvgIpc) is 2.19. The molecule has 0 amide bonds. The number of halogens is 3. The van der Waals surface area contributed by atoms with Crippen molar-refractivity contribution < 1.29 is 18.3 Å². The zero-order chi connectivity index (χ0) is 11.6. The van der Waals surface area contributed by atoms with E-state index in [0.29, 0.717) is 0 Å². The number of nitrogens with zero attached hydrogens (tertiary/aromatic N) is 1. The maximum Gasteiger partial charge on any atom is 0.339 e. The van der Waals surface area contributed by atoms with Crippen LogP contribution in [0.1, 0.15) is 28.2 Å². The quantitative estimate of drug-likeness (QED) is 0.740. The van der Waals surface area contributed by atoms with E-state index in [1.807, 2.05) is 0 Å². The number of pyridine rings is 1. The summed E-state index contributed by atoms with van der Waals surface area (Å²) in [5.74, 6) is -0.650. The summed E-state index contributed by atoms with van der Waals surface area (Å²) in [5, 5.41) is -0.240. The number of carbonyl (C=O) groups is 1.